The zero-order valence-corrected chi connectivity index (χ0v) is 24.7. The van der Waals surface area contributed by atoms with Crippen LogP contribution in [0.15, 0.2) is 88.8 Å². The molecule has 0 amide bonds. The molecule has 5 aromatic rings. The average Bonchev–Trinajstić information content (AvgIpc) is 2.96. The third-order valence-corrected chi connectivity index (χ3v) is 7.13. The van der Waals surface area contributed by atoms with E-state index in [2.05, 4.69) is 18.9 Å². The standard InChI is InChI=1S/C34H31ClFN3O3/c1-5-41-32-15-22(4)28(18-27(32)21(2)3)33-38-30-12-7-6-11-26(30)34(40)39(33)37-19-23-13-14-31(29(35)17-23)42-20-24-9-8-10-25(36)16-24/h6-19,21H,5,20H2,1-4H3. The molecule has 0 fully saturated rings. The summed E-state index contributed by atoms with van der Waals surface area (Å²) in [7, 11) is 0. The predicted molar refractivity (Wildman–Crippen MR) is 167 cm³/mol. The molecule has 0 saturated heterocycles. The summed E-state index contributed by atoms with van der Waals surface area (Å²) in [5.41, 5.74) is 4.39. The first-order valence-corrected chi connectivity index (χ1v) is 14.1. The lowest BCUT2D eigenvalue weighted by Crippen LogP contribution is -2.20. The summed E-state index contributed by atoms with van der Waals surface area (Å²) in [6, 6.07) is 22.7. The van der Waals surface area contributed by atoms with Crippen LogP contribution in [0.2, 0.25) is 5.02 Å². The molecule has 214 valence electrons. The van der Waals surface area contributed by atoms with E-state index in [1.165, 1.54) is 16.8 Å². The number of ether oxygens (including phenoxy) is 2. The second kappa shape index (κ2) is 12.6. The summed E-state index contributed by atoms with van der Waals surface area (Å²) in [6.45, 7) is 8.86. The van der Waals surface area contributed by atoms with Gasteiger partial charge in [-0.2, -0.15) is 9.78 Å². The van der Waals surface area contributed by atoms with Gasteiger partial charge in [0, 0.05) is 5.56 Å². The summed E-state index contributed by atoms with van der Waals surface area (Å²) in [5.74, 6) is 1.57. The fourth-order valence-electron chi connectivity index (χ4n) is 4.70. The smallest absolute Gasteiger partial charge is 0.282 e. The van der Waals surface area contributed by atoms with Crippen molar-refractivity contribution >= 4 is 28.7 Å². The van der Waals surface area contributed by atoms with E-state index in [-0.39, 0.29) is 23.9 Å². The molecule has 6 nitrogen and oxygen atoms in total. The van der Waals surface area contributed by atoms with Crippen LogP contribution in [0.1, 0.15) is 48.9 Å². The number of hydrogen-bond donors (Lipinski definition) is 0. The summed E-state index contributed by atoms with van der Waals surface area (Å²) in [5, 5.41) is 5.42. The zero-order chi connectivity index (χ0) is 29.8. The Morgan fingerprint density at radius 2 is 1.81 bits per heavy atom. The van der Waals surface area contributed by atoms with Crippen molar-refractivity contribution in [3.63, 3.8) is 0 Å². The maximum atomic E-state index is 13.7. The number of fused-ring (bicyclic) bond motifs is 1. The summed E-state index contributed by atoms with van der Waals surface area (Å²) < 4.78 is 26.5. The maximum Gasteiger partial charge on any atom is 0.282 e. The highest BCUT2D eigenvalue weighted by molar-refractivity contribution is 6.32. The quantitative estimate of drug-likeness (QED) is 0.164. The van der Waals surface area contributed by atoms with Crippen molar-refractivity contribution in [2.45, 2.75) is 40.2 Å². The van der Waals surface area contributed by atoms with E-state index in [9.17, 15) is 9.18 Å². The fraction of sp³-hybridized carbons (Fsp3) is 0.206. The van der Waals surface area contributed by atoms with Crippen LogP contribution in [-0.2, 0) is 6.61 Å². The molecular weight excluding hydrogens is 553 g/mol. The Kier molecular flexibility index (Phi) is 8.69. The molecule has 1 aromatic heterocycles. The highest BCUT2D eigenvalue weighted by Crippen LogP contribution is 2.34. The third kappa shape index (κ3) is 6.21. The van der Waals surface area contributed by atoms with Gasteiger partial charge in [-0.05, 0) is 96.6 Å². The van der Waals surface area contributed by atoms with E-state index in [0.29, 0.717) is 45.2 Å². The Morgan fingerprint density at radius 1 is 1.00 bits per heavy atom. The number of para-hydroxylation sites is 1. The maximum absolute atomic E-state index is 13.7. The number of rotatable bonds is 9. The monoisotopic (exact) mass is 583 g/mol. The number of benzene rings is 4. The first-order chi connectivity index (χ1) is 20.2. The van der Waals surface area contributed by atoms with Gasteiger partial charge in [0.15, 0.2) is 5.82 Å². The molecule has 0 spiro atoms. The van der Waals surface area contributed by atoms with Crippen molar-refractivity contribution in [2.24, 2.45) is 5.10 Å². The van der Waals surface area contributed by atoms with E-state index in [1.54, 1.807) is 48.7 Å². The van der Waals surface area contributed by atoms with Crippen LogP contribution in [0.5, 0.6) is 11.5 Å². The Morgan fingerprint density at radius 3 is 2.55 bits per heavy atom. The van der Waals surface area contributed by atoms with E-state index in [0.717, 1.165) is 22.4 Å². The van der Waals surface area contributed by atoms with Gasteiger partial charge >= 0.3 is 0 Å². The minimum atomic E-state index is -0.326. The van der Waals surface area contributed by atoms with Gasteiger partial charge in [0.2, 0.25) is 0 Å². The molecule has 1 heterocycles. The molecule has 0 atom stereocenters. The van der Waals surface area contributed by atoms with Crippen LogP contribution in [0.25, 0.3) is 22.3 Å². The molecule has 4 aromatic carbocycles. The average molecular weight is 584 g/mol. The van der Waals surface area contributed by atoms with Gasteiger partial charge in [0.25, 0.3) is 5.56 Å². The highest BCUT2D eigenvalue weighted by atomic mass is 35.5. The van der Waals surface area contributed by atoms with Gasteiger partial charge in [-0.15, -0.1) is 0 Å². The molecule has 0 radical (unpaired) electrons. The zero-order valence-electron chi connectivity index (χ0n) is 23.9. The second-order valence-corrected chi connectivity index (χ2v) is 10.6. The van der Waals surface area contributed by atoms with Gasteiger partial charge in [0.05, 0.1) is 28.7 Å². The minimum absolute atomic E-state index is 0.173. The second-order valence-electron chi connectivity index (χ2n) is 10.2. The van der Waals surface area contributed by atoms with E-state index in [1.807, 2.05) is 38.1 Å². The molecule has 42 heavy (non-hydrogen) atoms. The fourth-order valence-corrected chi connectivity index (χ4v) is 4.95. The molecule has 0 aliphatic rings. The molecule has 0 aliphatic carbocycles. The van der Waals surface area contributed by atoms with E-state index < -0.39 is 0 Å². The summed E-state index contributed by atoms with van der Waals surface area (Å²) in [6.07, 6.45) is 1.57. The molecule has 0 aliphatic heterocycles. The molecule has 0 N–H and O–H groups in total. The Labute approximate surface area is 249 Å². The van der Waals surface area contributed by atoms with Crippen LogP contribution >= 0.6 is 11.6 Å². The van der Waals surface area contributed by atoms with Gasteiger partial charge in [0.1, 0.15) is 23.9 Å². The number of nitrogens with zero attached hydrogens (tertiary/aromatic N) is 3. The number of aryl methyl sites for hydroxylation is 1. The van der Waals surface area contributed by atoms with Crippen molar-refractivity contribution in [1.29, 1.82) is 0 Å². The van der Waals surface area contributed by atoms with Crippen molar-refractivity contribution < 1.29 is 13.9 Å². The number of hydrogen-bond acceptors (Lipinski definition) is 5. The topological polar surface area (TPSA) is 65.7 Å². The first-order valence-electron chi connectivity index (χ1n) is 13.8. The number of aromatic nitrogens is 2. The summed E-state index contributed by atoms with van der Waals surface area (Å²) in [4.78, 5) is 18.6. The lowest BCUT2D eigenvalue weighted by atomic mass is 9.96. The molecule has 0 bridgehead atoms. The van der Waals surface area contributed by atoms with E-state index in [4.69, 9.17) is 26.1 Å². The lowest BCUT2D eigenvalue weighted by molar-refractivity contribution is 0.306. The Hall–Kier alpha value is -4.49. The lowest BCUT2D eigenvalue weighted by Gasteiger charge is -2.18. The van der Waals surface area contributed by atoms with Gasteiger partial charge in [-0.1, -0.05) is 49.7 Å². The highest BCUT2D eigenvalue weighted by Gasteiger charge is 2.18. The van der Waals surface area contributed by atoms with Crippen LogP contribution in [0, 0.1) is 12.7 Å². The van der Waals surface area contributed by atoms with Gasteiger partial charge in [-0.3, -0.25) is 4.79 Å². The summed E-state index contributed by atoms with van der Waals surface area (Å²) >= 11 is 6.50. The SMILES string of the molecule is CCOc1cc(C)c(-c2nc3ccccc3c(=O)n2N=Cc2ccc(OCc3cccc(F)c3)c(Cl)c2)cc1C(C)C. The number of halogens is 2. The largest absolute Gasteiger partial charge is 0.494 e. The Bertz CT molecular complexity index is 1850. The molecular formula is C34H31ClFN3O3. The van der Waals surface area contributed by atoms with Crippen molar-refractivity contribution in [1.82, 2.24) is 9.66 Å². The van der Waals surface area contributed by atoms with Crippen LogP contribution < -0.4 is 15.0 Å². The van der Waals surface area contributed by atoms with Crippen LogP contribution in [-0.4, -0.2) is 22.5 Å². The van der Waals surface area contributed by atoms with E-state index >= 15 is 0 Å². The van der Waals surface area contributed by atoms with Gasteiger partial charge < -0.3 is 9.47 Å². The van der Waals surface area contributed by atoms with Gasteiger partial charge in [-0.25, -0.2) is 9.37 Å². The van der Waals surface area contributed by atoms with Crippen molar-refractivity contribution in [3.8, 4) is 22.9 Å². The normalized spacial score (nSPS) is 11.5. The molecule has 0 saturated carbocycles. The molecule has 8 heteroatoms. The molecule has 5 rings (SSSR count). The van der Waals surface area contributed by atoms with Crippen LogP contribution in [0.4, 0.5) is 4.39 Å². The van der Waals surface area contributed by atoms with Crippen molar-refractivity contribution in [2.75, 3.05) is 6.61 Å². The first kappa shape index (κ1) is 29.0. The molecule has 0 unspecified atom stereocenters. The predicted octanol–water partition coefficient (Wildman–Crippen LogP) is 8.15. The Balaban J connectivity index is 1.54. The minimum Gasteiger partial charge on any atom is -0.494 e. The van der Waals surface area contributed by atoms with Crippen molar-refractivity contribution in [3.05, 3.63) is 122 Å². The van der Waals surface area contributed by atoms with Crippen LogP contribution in [0.3, 0.4) is 0 Å². The third-order valence-electron chi connectivity index (χ3n) is 6.83.